The summed E-state index contributed by atoms with van der Waals surface area (Å²) in [6.45, 7) is 12.8. The standard InChI is InChI=1S/C12H25NO2/c1-8-15-11(14)9(2)13(7)10(3)12(4,5)6/h9-10H,8H2,1-7H3. The largest absolute Gasteiger partial charge is 0.465 e. The van der Waals surface area contributed by atoms with E-state index in [-0.39, 0.29) is 17.4 Å². The van der Waals surface area contributed by atoms with Gasteiger partial charge < -0.3 is 4.74 Å². The van der Waals surface area contributed by atoms with Crippen molar-refractivity contribution in [2.24, 2.45) is 5.41 Å². The third kappa shape index (κ3) is 4.20. The lowest BCUT2D eigenvalue weighted by Crippen LogP contribution is -2.47. The van der Waals surface area contributed by atoms with Crippen molar-refractivity contribution in [1.29, 1.82) is 0 Å². The first-order valence-electron chi connectivity index (χ1n) is 5.60. The lowest BCUT2D eigenvalue weighted by atomic mass is 9.86. The molecule has 0 N–H and O–H groups in total. The predicted molar refractivity (Wildman–Crippen MR) is 62.8 cm³/mol. The summed E-state index contributed by atoms with van der Waals surface area (Å²) in [5.41, 5.74) is 0.162. The van der Waals surface area contributed by atoms with E-state index in [0.29, 0.717) is 12.6 Å². The molecule has 0 radical (unpaired) electrons. The number of hydrogen-bond acceptors (Lipinski definition) is 3. The molecule has 0 amide bonds. The van der Waals surface area contributed by atoms with E-state index >= 15 is 0 Å². The average Bonchev–Trinajstić information content (AvgIpc) is 2.13. The topological polar surface area (TPSA) is 29.5 Å². The smallest absolute Gasteiger partial charge is 0.323 e. The molecule has 0 saturated heterocycles. The van der Waals surface area contributed by atoms with Crippen LogP contribution in [0.2, 0.25) is 0 Å². The van der Waals surface area contributed by atoms with Crippen LogP contribution >= 0.6 is 0 Å². The molecule has 0 saturated carbocycles. The number of ether oxygens (including phenoxy) is 1. The number of carbonyl (C=O) groups excluding carboxylic acids is 1. The monoisotopic (exact) mass is 215 g/mol. The Hall–Kier alpha value is -0.570. The molecule has 15 heavy (non-hydrogen) atoms. The van der Waals surface area contributed by atoms with Gasteiger partial charge in [0.2, 0.25) is 0 Å². The van der Waals surface area contributed by atoms with Crippen LogP contribution in [-0.2, 0) is 9.53 Å². The molecule has 0 aromatic rings. The Morgan fingerprint density at radius 2 is 1.80 bits per heavy atom. The zero-order valence-corrected chi connectivity index (χ0v) is 11.1. The highest BCUT2D eigenvalue weighted by Crippen LogP contribution is 2.24. The Balaban J connectivity index is 4.44. The van der Waals surface area contributed by atoms with E-state index in [4.69, 9.17) is 4.74 Å². The number of likely N-dealkylation sites (N-methyl/N-ethyl adjacent to an activating group) is 1. The van der Waals surface area contributed by atoms with Crippen LogP contribution < -0.4 is 0 Å². The van der Waals surface area contributed by atoms with E-state index in [1.54, 1.807) is 0 Å². The van der Waals surface area contributed by atoms with Crippen LogP contribution in [0, 0.1) is 5.41 Å². The Bertz CT molecular complexity index is 208. The van der Waals surface area contributed by atoms with Crippen molar-refractivity contribution in [3.63, 3.8) is 0 Å². The molecule has 0 aliphatic carbocycles. The highest BCUT2D eigenvalue weighted by Gasteiger charge is 2.30. The van der Waals surface area contributed by atoms with Gasteiger partial charge in [0.15, 0.2) is 0 Å². The number of nitrogens with zero attached hydrogens (tertiary/aromatic N) is 1. The summed E-state index contributed by atoms with van der Waals surface area (Å²) in [4.78, 5) is 13.6. The molecule has 0 fully saturated rings. The Kier molecular flexibility index (Phi) is 5.29. The molecule has 2 unspecified atom stereocenters. The van der Waals surface area contributed by atoms with E-state index in [2.05, 4.69) is 32.6 Å². The quantitative estimate of drug-likeness (QED) is 0.674. The molecule has 0 spiro atoms. The van der Waals surface area contributed by atoms with Gasteiger partial charge in [-0.25, -0.2) is 0 Å². The van der Waals surface area contributed by atoms with Crippen molar-refractivity contribution in [2.45, 2.75) is 53.6 Å². The molecular weight excluding hydrogens is 190 g/mol. The summed E-state index contributed by atoms with van der Waals surface area (Å²) < 4.78 is 5.01. The molecule has 0 bridgehead atoms. The van der Waals surface area contributed by atoms with Crippen molar-refractivity contribution < 1.29 is 9.53 Å². The molecule has 0 rings (SSSR count). The highest BCUT2D eigenvalue weighted by molar-refractivity contribution is 5.75. The van der Waals surface area contributed by atoms with Gasteiger partial charge in [-0.2, -0.15) is 0 Å². The van der Waals surface area contributed by atoms with Crippen LogP contribution in [0.25, 0.3) is 0 Å². The van der Waals surface area contributed by atoms with Gasteiger partial charge in [0.25, 0.3) is 0 Å². The van der Waals surface area contributed by atoms with Gasteiger partial charge in [0, 0.05) is 6.04 Å². The van der Waals surface area contributed by atoms with Crippen molar-refractivity contribution >= 4 is 5.97 Å². The summed E-state index contributed by atoms with van der Waals surface area (Å²) >= 11 is 0. The third-order valence-electron chi connectivity index (χ3n) is 3.10. The van der Waals surface area contributed by atoms with E-state index < -0.39 is 0 Å². The summed E-state index contributed by atoms with van der Waals surface area (Å²) in [6.07, 6.45) is 0. The van der Waals surface area contributed by atoms with Crippen LogP contribution in [0.15, 0.2) is 0 Å². The lowest BCUT2D eigenvalue weighted by Gasteiger charge is -2.37. The van der Waals surface area contributed by atoms with Crippen LogP contribution in [0.4, 0.5) is 0 Å². The van der Waals surface area contributed by atoms with Crippen LogP contribution in [-0.4, -0.2) is 36.6 Å². The summed E-state index contributed by atoms with van der Waals surface area (Å²) in [6, 6.07) is 0.149. The number of esters is 1. The molecule has 3 heteroatoms. The molecular formula is C12H25NO2. The number of hydrogen-bond donors (Lipinski definition) is 0. The van der Waals surface area contributed by atoms with E-state index in [1.165, 1.54) is 0 Å². The SMILES string of the molecule is CCOC(=O)C(C)N(C)C(C)C(C)(C)C. The highest BCUT2D eigenvalue weighted by atomic mass is 16.5. The minimum Gasteiger partial charge on any atom is -0.465 e. The van der Waals surface area contributed by atoms with Crippen molar-refractivity contribution in [3.8, 4) is 0 Å². The van der Waals surface area contributed by atoms with Crippen molar-refractivity contribution in [2.75, 3.05) is 13.7 Å². The van der Waals surface area contributed by atoms with Gasteiger partial charge in [-0.1, -0.05) is 20.8 Å². The summed E-state index contributed by atoms with van der Waals surface area (Å²) in [5, 5.41) is 0. The molecule has 90 valence electrons. The number of rotatable bonds is 4. The normalized spacial score (nSPS) is 16.3. The molecule has 0 aromatic heterocycles. The fourth-order valence-corrected chi connectivity index (χ4v) is 1.38. The lowest BCUT2D eigenvalue weighted by molar-refractivity contribution is -0.149. The minimum atomic E-state index is -0.181. The second-order valence-corrected chi connectivity index (χ2v) is 5.14. The second kappa shape index (κ2) is 5.50. The zero-order valence-electron chi connectivity index (χ0n) is 11.1. The first kappa shape index (κ1) is 14.4. The Labute approximate surface area is 93.8 Å². The molecule has 0 aliphatic rings. The maximum absolute atomic E-state index is 11.6. The molecule has 3 nitrogen and oxygen atoms in total. The average molecular weight is 215 g/mol. The first-order chi connectivity index (χ1) is 6.71. The predicted octanol–water partition coefficient (Wildman–Crippen LogP) is 2.30. The van der Waals surface area contributed by atoms with Gasteiger partial charge in [0.05, 0.1) is 6.61 Å². The van der Waals surface area contributed by atoms with Gasteiger partial charge >= 0.3 is 5.97 Å². The molecule has 0 aromatic carbocycles. The summed E-state index contributed by atoms with van der Waals surface area (Å²) in [7, 11) is 1.97. The Morgan fingerprint density at radius 1 is 1.33 bits per heavy atom. The van der Waals surface area contributed by atoms with Crippen LogP contribution in [0.1, 0.15) is 41.5 Å². The van der Waals surface area contributed by atoms with Gasteiger partial charge in [-0.3, -0.25) is 9.69 Å². The van der Waals surface area contributed by atoms with E-state index in [1.807, 2.05) is 20.9 Å². The fraction of sp³-hybridized carbons (Fsp3) is 0.917. The van der Waals surface area contributed by atoms with Crippen LogP contribution in [0.5, 0.6) is 0 Å². The van der Waals surface area contributed by atoms with Gasteiger partial charge in [-0.15, -0.1) is 0 Å². The zero-order chi connectivity index (χ0) is 12.2. The van der Waals surface area contributed by atoms with E-state index in [0.717, 1.165) is 0 Å². The summed E-state index contributed by atoms with van der Waals surface area (Å²) in [5.74, 6) is -0.142. The van der Waals surface area contributed by atoms with Crippen molar-refractivity contribution in [1.82, 2.24) is 4.90 Å². The van der Waals surface area contributed by atoms with Gasteiger partial charge in [-0.05, 0) is 33.2 Å². The molecule has 0 aliphatic heterocycles. The van der Waals surface area contributed by atoms with Crippen LogP contribution in [0.3, 0.4) is 0 Å². The minimum absolute atomic E-state index is 0.142. The second-order valence-electron chi connectivity index (χ2n) is 5.14. The first-order valence-corrected chi connectivity index (χ1v) is 5.60. The third-order valence-corrected chi connectivity index (χ3v) is 3.10. The molecule has 2 atom stereocenters. The number of carbonyl (C=O) groups is 1. The maximum Gasteiger partial charge on any atom is 0.323 e. The fourth-order valence-electron chi connectivity index (χ4n) is 1.38. The maximum atomic E-state index is 11.6. The molecule has 0 heterocycles. The van der Waals surface area contributed by atoms with Crippen molar-refractivity contribution in [3.05, 3.63) is 0 Å². The van der Waals surface area contributed by atoms with Gasteiger partial charge in [0.1, 0.15) is 6.04 Å². The van der Waals surface area contributed by atoms with E-state index in [9.17, 15) is 4.79 Å². The Morgan fingerprint density at radius 3 is 2.13 bits per heavy atom.